The van der Waals surface area contributed by atoms with Gasteiger partial charge in [0.1, 0.15) is 23.6 Å². The van der Waals surface area contributed by atoms with Gasteiger partial charge in [0.05, 0.1) is 11.1 Å². The third-order valence-electron chi connectivity index (χ3n) is 3.52. The molecule has 0 aliphatic rings. The Kier molecular flexibility index (Phi) is 4.16. The lowest BCUT2D eigenvalue weighted by molar-refractivity contribution is 0.181. The molecule has 23 heavy (non-hydrogen) atoms. The van der Waals surface area contributed by atoms with Crippen LogP contribution in [-0.2, 0) is 0 Å². The molecule has 1 atom stereocenters. The summed E-state index contributed by atoms with van der Waals surface area (Å²) in [5.74, 6) is -2.02. The Bertz CT molecular complexity index is 834. The third-order valence-corrected chi connectivity index (χ3v) is 3.52. The molecular weight excluding hydrogens is 305 g/mol. The molecule has 0 amide bonds. The Morgan fingerprint density at radius 2 is 1.78 bits per heavy atom. The van der Waals surface area contributed by atoms with Crippen molar-refractivity contribution in [3.05, 3.63) is 71.7 Å². The van der Waals surface area contributed by atoms with Crippen molar-refractivity contribution in [2.24, 2.45) is 0 Å². The minimum absolute atomic E-state index is 0.103. The topological polar surface area (TPSA) is 45.1 Å². The van der Waals surface area contributed by atoms with Gasteiger partial charge in [-0.05, 0) is 30.3 Å². The van der Waals surface area contributed by atoms with Crippen molar-refractivity contribution in [2.75, 3.05) is 11.9 Å². The summed E-state index contributed by atoms with van der Waals surface area (Å²) in [5.41, 5.74) is 0.650. The number of aliphatic hydroxyl groups excluding tert-OH is 1. The summed E-state index contributed by atoms with van der Waals surface area (Å²) >= 11 is 0. The largest absolute Gasteiger partial charge is 0.386 e. The number of benzene rings is 2. The molecule has 0 fully saturated rings. The summed E-state index contributed by atoms with van der Waals surface area (Å²) in [6, 6.07) is 9.19. The fourth-order valence-corrected chi connectivity index (χ4v) is 2.41. The molecule has 3 rings (SSSR count). The molecule has 0 radical (unpaired) electrons. The molecule has 0 spiro atoms. The maximum Gasteiger partial charge on any atom is 0.132 e. The van der Waals surface area contributed by atoms with Crippen molar-refractivity contribution < 1.29 is 18.3 Å². The fraction of sp³-hybridized carbons (Fsp3) is 0.118. The van der Waals surface area contributed by atoms with Crippen LogP contribution in [0.4, 0.5) is 18.9 Å². The summed E-state index contributed by atoms with van der Waals surface area (Å²) in [5, 5.41) is 13.6. The molecule has 1 heterocycles. The van der Waals surface area contributed by atoms with Crippen molar-refractivity contribution in [3.8, 4) is 0 Å². The van der Waals surface area contributed by atoms with Crippen molar-refractivity contribution in [1.82, 2.24) is 4.98 Å². The monoisotopic (exact) mass is 318 g/mol. The number of nitrogens with zero attached hydrogens (tertiary/aromatic N) is 1. The molecule has 0 saturated heterocycles. The molecule has 1 aromatic heterocycles. The first kappa shape index (κ1) is 15.3. The van der Waals surface area contributed by atoms with Crippen LogP contribution in [0, 0.1) is 17.5 Å². The van der Waals surface area contributed by atoms with Gasteiger partial charge in [0, 0.05) is 29.9 Å². The summed E-state index contributed by atoms with van der Waals surface area (Å²) < 4.78 is 40.5. The van der Waals surface area contributed by atoms with Crippen LogP contribution in [0.25, 0.3) is 10.9 Å². The highest BCUT2D eigenvalue weighted by Crippen LogP contribution is 2.25. The zero-order valence-electron chi connectivity index (χ0n) is 11.9. The number of hydrogen-bond acceptors (Lipinski definition) is 3. The number of halogens is 3. The predicted molar refractivity (Wildman–Crippen MR) is 81.5 cm³/mol. The van der Waals surface area contributed by atoms with Gasteiger partial charge >= 0.3 is 0 Å². The number of aromatic nitrogens is 1. The highest BCUT2D eigenvalue weighted by atomic mass is 19.1. The van der Waals surface area contributed by atoms with Crippen LogP contribution < -0.4 is 5.32 Å². The van der Waals surface area contributed by atoms with Gasteiger partial charge in [-0.25, -0.2) is 13.2 Å². The van der Waals surface area contributed by atoms with E-state index in [2.05, 4.69) is 10.3 Å². The van der Waals surface area contributed by atoms with Crippen molar-refractivity contribution >= 4 is 16.6 Å². The molecule has 0 aliphatic carbocycles. The first-order valence-corrected chi connectivity index (χ1v) is 6.96. The van der Waals surface area contributed by atoms with E-state index in [4.69, 9.17) is 0 Å². The minimum atomic E-state index is -1.36. The van der Waals surface area contributed by atoms with E-state index in [1.807, 2.05) is 0 Å². The van der Waals surface area contributed by atoms with Crippen LogP contribution in [0.2, 0.25) is 0 Å². The number of rotatable bonds is 4. The van der Waals surface area contributed by atoms with Crippen LogP contribution in [-0.4, -0.2) is 16.6 Å². The van der Waals surface area contributed by atoms with Crippen LogP contribution >= 0.6 is 0 Å². The molecule has 3 nitrogen and oxygen atoms in total. The zero-order chi connectivity index (χ0) is 16.4. The van der Waals surface area contributed by atoms with Crippen LogP contribution in [0.15, 0.2) is 48.7 Å². The lowest BCUT2D eigenvalue weighted by Crippen LogP contribution is -2.15. The van der Waals surface area contributed by atoms with E-state index < -0.39 is 23.6 Å². The molecule has 6 heteroatoms. The third kappa shape index (κ3) is 3.12. The average molecular weight is 318 g/mol. The second kappa shape index (κ2) is 6.26. The van der Waals surface area contributed by atoms with Gasteiger partial charge in [-0.3, -0.25) is 4.98 Å². The lowest BCUT2D eigenvalue weighted by atomic mass is 10.1. The molecule has 0 bridgehead atoms. The maximum absolute atomic E-state index is 13.6. The Hall–Kier alpha value is -2.60. The quantitative estimate of drug-likeness (QED) is 0.769. The highest BCUT2D eigenvalue weighted by Gasteiger charge is 2.17. The SMILES string of the molecule is OC(CNc1ccnc2cc(F)ccc12)c1c(F)cccc1F. The molecule has 0 aliphatic heterocycles. The summed E-state index contributed by atoms with van der Waals surface area (Å²) in [6.45, 7) is -0.103. The van der Waals surface area contributed by atoms with Gasteiger partial charge in [0.15, 0.2) is 0 Å². The second-order valence-electron chi connectivity index (χ2n) is 5.05. The van der Waals surface area contributed by atoms with E-state index in [0.29, 0.717) is 16.6 Å². The standard InChI is InChI=1S/C17H13F3N2O/c18-10-4-5-11-14(6-7-21-15(11)8-10)22-9-16(23)17-12(19)2-1-3-13(17)20/h1-8,16,23H,9H2,(H,21,22). The van der Waals surface area contributed by atoms with E-state index in [9.17, 15) is 18.3 Å². The van der Waals surface area contributed by atoms with Crippen molar-refractivity contribution in [3.63, 3.8) is 0 Å². The van der Waals surface area contributed by atoms with Crippen molar-refractivity contribution in [2.45, 2.75) is 6.10 Å². The van der Waals surface area contributed by atoms with Gasteiger partial charge in [-0.2, -0.15) is 0 Å². The molecule has 2 N–H and O–H groups in total. The molecule has 0 saturated carbocycles. The normalized spacial score (nSPS) is 12.3. The van der Waals surface area contributed by atoms with E-state index in [1.54, 1.807) is 12.1 Å². The van der Waals surface area contributed by atoms with Crippen LogP contribution in [0.3, 0.4) is 0 Å². The van der Waals surface area contributed by atoms with E-state index in [-0.39, 0.29) is 12.1 Å². The molecule has 1 unspecified atom stereocenters. The number of pyridine rings is 1. The van der Waals surface area contributed by atoms with Gasteiger partial charge in [-0.1, -0.05) is 6.07 Å². The summed E-state index contributed by atoms with van der Waals surface area (Å²) in [4.78, 5) is 4.05. The Balaban J connectivity index is 1.83. The zero-order valence-corrected chi connectivity index (χ0v) is 11.9. The highest BCUT2D eigenvalue weighted by molar-refractivity contribution is 5.90. The molecule has 2 aromatic carbocycles. The van der Waals surface area contributed by atoms with Crippen LogP contribution in [0.1, 0.15) is 11.7 Å². The number of hydrogen-bond donors (Lipinski definition) is 2. The van der Waals surface area contributed by atoms with Gasteiger partial charge in [-0.15, -0.1) is 0 Å². The van der Waals surface area contributed by atoms with Crippen LogP contribution in [0.5, 0.6) is 0 Å². The molecule has 118 valence electrons. The maximum atomic E-state index is 13.6. The second-order valence-corrected chi connectivity index (χ2v) is 5.05. The van der Waals surface area contributed by atoms with E-state index in [0.717, 1.165) is 12.1 Å². The molecular formula is C17H13F3N2O. The first-order valence-electron chi connectivity index (χ1n) is 6.96. The predicted octanol–water partition coefficient (Wildman–Crippen LogP) is 3.80. The van der Waals surface area contributed by atoms with Gasteiger partial charge in [0.25, 0.3) is 0 Å². The lowest BCUT2D eigenvalue weighted by Gasteiger charge is -2.15. The average Bonchev–Trinajstić information content (AvgIpc) is 2.52. The molecule has 3 aromatic rings. The first-order chi connectivity index (χ1) is 11.1. The van der Waals surface area contributed by atoms with E-state index in [1.165, 1.54) is 24.4 Å². The van der Waals surface area contributed by atoms with E-state index >= 15 is 0 Å². The summed E-state index contributed by atoms with van der Waals surface area (Å²) in [7, 11) is 0. The van der Waals surface area contributed by atoms with Crippen molar-refractivity contribution in [1.29, 1.82) is 0 Å². The number of nitrogens with one attached hydrogen (secondary N) is 1. The number of anilines is 1. The van der Waals surface area contributed by atoms with Gasteiger partial charge in [0.2, 0.25) is 0 Å². The minimum Gasteiger partial charge on any atom is -0.386 e. The Morgan fingerprint density at radius 3 is 2.52 bits per heavy atom. The smallest absolute Gasteiger partial charge is 0.132 e. The van der Waals surface area contributed by atoms with Gasteiger partial charge < -0.3 is 10.4 Å². The Labute approximate surface area is 130 Å². The number of fused-ring (bicyclic) bond motifs is 1. The fourth-order valence-electron chi connectivity index (χ4n) is 2.41. The Morgan fingerprint density at radius 1 is 1.04 bits per heavy atom. The number of aliphatic hydroxyl groups is 1. The summed E-state index contributed by atoms with van der Waals surface area (Å²) in [6.07, 6.45) is 0.125.